The van der Waals surface area contributed by atoms with Crippen LogP contribution in [0.15, 0.2) is 12.4 Å². The first-order valence-electron chi connectivity index (χ1n) is 9.62. The first-order chi connectivity index (χ1) is 14.3. The third-order valence-electron chi connectivity index (χ3n) is 5.37. The Hall–Kier alpha value is -1.67. The van der Waals surface area contributed by atoms with Crippen LogP contribution in [0.5, 0.6) is 0 Å². The lowest BCUT2D eigenvalue weighted by Gasteiger charge is -2.38. The average Bonchev–Trinajstić information content (AvgIpc) is 3.02. The first-order valence-corrected chi connectivity index (χ1v) is 11.5. The summed E-state index contributed by atoms with van der Waals surface area (Å²) in [5.41, 5.74) is 1.68. The highest BCUT2D eigenvalue weighted by Crippen LogP contribution is 2.33. The van der Waals surface area contributed by atoms with E-state index in [9.17, 15) is 26.7 Å². The molecule has 3 heterocycles. The van der Waals surface area contributed by atoms with Gasteiger partial charge < -0.3 is 10.0 Å². The number of nitrogens with two attached hydrogens (primary N) is 1. The molecular formula is C17H24ClF3N6O3S. The smallest absolute Gasteiger partial charge is 0.382 e. The summed E-state index contributed by atoms with van der Waals surface area (Å²) < 4.78 is 64.2. The van der Waals surface area contributed by atoms with E-state index >= 15 is 0 Å². The number of aromatic nitrogens is 3. The molecule has 1 aliphatic rings. The second-order valence-electron chi connectivity index (χ2n) is 7.81. The molecule has 3 rings (SSSR count). The number of fused-ring (bicyclic) bond motifs is 1. The van der Waals surface area contributed by atoms with E-state index in [4.69, 9.17) is 16.7 Å². The van der Waals surface area contributed by atoms with Crippen LogP contribution in [0, 0.1) is 0 Å². The van der Waals surface area contributed by atoms with E-state index < -0.39 is 35.1 Å². The first kappa shape index (κ1) is 24.0. The molecule has 0 aromatic carbocycles. The second kappa shape index (κ2) is 8.70. The van der Waals surface area contributed by atoms with Crippen LogP contribution in [0.2, 0.25) is 5.15 Å². The molecular weight excluding hydrogens is 461 g/mol. The lowest BCUT2D eigenvalue weighted by atomic mass is 10.0. The Balaban J connectivity index is 1.83. The lowest BCUT2D eigenvalue weighted by Crippen LogP contribution is -2.54. The van der Waals surface area contributed by atoms with Crippen molar-refractivity contribution in [3.63, 3.8) is 0 Å². The van der Waals surface area contributed by atoms with Gasteiger partial charge in [0.25, 0.3) is 10.2 Å². The molecule has 9 nitrogen and oxygen atoms in total. The van der Waals surface area contributed by atoms with Crippen molar-refractivity contribution in [3.05, 3.63) is 23.1 Å². The minimum absolute atomic E-state index is 0.145. The van der Waals surface area contributed by atoms with Crippen molar-refractivity contribution in [2.45, 2.75) is 50.9 Å². The number of nitrogens with zero attached hydrogens (tertiary/aromatic N) is 5. The predicted octanol–water partition coefficient (Wildman–Crippen LogP) is 1.90. The highest BCUT2D eigenvalue weighted by atomic mass is 35.5. The van der Waals surface area contributed by atoms with E-state index in [1.165, 1.54) is 6.33 Å². The fourth-order valence-corrected chi connectivity index (χ4v) is 5.01. The Kier molecular flexibility index (Phi) is 6.73. The monoisotopic (exact) mass is 484 g/mol. The molecule has 0 spiro atoms. The van der Waals surface area contributed by atoms with Crippen LogP contribution >= 0.6 is 11.6 Å². The minimum atomic E-state index is -4.95. The SMILES string of the molecule is CC(C)c1cc(Cl)n2ncnc(N3CCC(N(CC(O)C(F)(F)F)S(N)(=O)=O)CC3)c12. The zero-order valence-corrected chi connectivity index (χ0v) is 18.5. The number of aliphatic hydroxyl groups excluding tert-OH is 1. The summed E-state index contributed by atoms with van der Waals surface area (Å²) in [5, 5.41) is 19.1. The van der Waals surface area contributed by atoms with Crippen molar-refractivity contribution in [2.24, 2.45) is 5.14 Å². The zero-order chi connectivity index (χ0) is 23.1. The van der Waals surface area contributed by atoms with Crippen molar-refractivity contribution >= 4 is 33.1 Å². The quantitative estimate of drug-likeness (QED) is 0.646. The fourth-order valence-electron chi connectivity index (χ4n) is 3.79. The second-order valence-corrected chi connectivity index (χ2v) is 9.70. The van der Waals surface area contributed by atoms with Gasteiger partial charge in [-0.05, 0) is 30.4 Å². The molecule has 1 unspecified atom stereocenters. The predicted molar refractivity (Wildman–Crippen MR) is 109 cm³/mol. The molecule has 1 atom stereocenters. The average molecular weight is 485 g/mol. The molecule has 0 amide bonds. The van der Waals surface area contributed by atoms with Gasteiger partial charge in [-0.15, -0.1) is 0 Å². The van der Waals surface area contributed by atoms with Crippen LogP contribution in [0.4, 0.5) is 19.0 Å². The number of aliphatic hydroxyl groups is 1. The number of hydrogen-bond acceptors (Lipinski definition) is 6. The third-order valence-corrected chi connectivity index (χ3v) is 6.74. The van der Waals surface area contributed by atoms with Gasteiger partial charge in [0.2, 0.25) is 0 Å². The highest BCUT2D eigenvalue weighted by Gasteiger charge is 2.43. The maximum atomic E-state index is 12.8. The van der Waals surface area contributed by atoms with Crippen molar-refractivity contribution in [3.8, 4) is 0 Å². The van der Waals surface area contributed by atoms with Crippen LogP contribution in [0.3, 0.4) is 0 Å². The number of rotatable bonds is 6. The molecule has 2 aromatic rings. The molecule has 0 saturated carbocycles. The lowest BCUT2D eigenvalue weighted by molar-refractivity contribution is -0.206. The summed E-state index contributed by atoms with van der Waals surface area (Å²) in [5.74, 6) is 0.757. The van der Waals surface area contributed by atoms with Gasteiger partial charge in [0.15, 0.2) is 11.9 Å². The molecule has 1 saturated heterocycles. The van der Waals surface area contributed by atoms with Crippen LogP contribution in [0.25, 0.3) is 5.52 Å². The van der Waals surface area contributed by atoms with Gasteiger partial charge in [0.1, 0.15) is 17.0 Å². The molecule has 3 N–H and O–H groups in total. The van der Waals surface area contributed by atoms with E-state index in [1.807, 2.05) is 24.8 Å². The van der Waals surface area contributed by atoms with Crippen molar-refractivity contribution in [1.29, 1.82) is 0 Å². The summed E-state index contributed by atoms with van der Waals surface area (Å²) in [4.78, 5) is 6.29. The number of anilines is 1. The van der Waals surface area contributed by atoms with E-state index in [2.05, 4.69) is 10.1 Å². The molecule has 174 valence electrons. The van der Waals surface area contributed by atoms with Gasteiger partial charge in [0.05, 0.1) is 6.54 Å². The Morgan fingerprint density at radius 3 is 2.48 bits per heavy atom. The van der Waals surface area contributed by atoms with Gasteiger partial charge in [-0.1, -0.05) is 25.4 Å². The Morgan fingerprint density at radius 2 is 1.97 bits per heavy atom. The maximum Gasteiger partial charge on any atom is 0.415 e. The largest absolute Gasteiger partial charge is 0.415 e. The summed E-state index contributed by atoms with van der Waals surface area (Å²) >= 11 is 6.28. The van der Waals surface area contributed by atoms with Gasteiger partial charge >= 0.3 is 6.18 Å². The number of hydrogen-bond donors (Lipinski definition) is 2. The standard InChI is InChI=1S/C17H24ClF3N6O3S/c1-10(2)12-7-14(18)27-15(12)16(23-9-24-27)25-5-3-11(4-6-25)26(31(22,29)30)8-13(28)17(19,20)21/h7,9-11,13,28H,3-6,8H2,1-2H3,(H2,22,29,30). The summed E-state index contributed by atoms with van der Waals surface area (Å²) in [6.07, 6.45) is -5.98. The summed E-state index contributed by atoms with van der Waals surface area (Å²) in [6.45, 7) is 3.52. The summed E-state index contributed by atoms with van der Waals surface area (Å²) in [6, 6.07) is 1.04. The van der Waals surface area contributed by atoms with Crippen molar-refractivity contribution in [1.82, 2.24) is 18.9 Å². The molecule has 1 fully saturated rings. The molecule has 0 aliphatic carbocycles. The number of alkyl halides is 3. The van der Waals surface area contributed by atoms with Gasteiger partial charge in [-0.25, -0.2) is 14.6 Å². The molecule has 1 aliphatic heterocycles. The molecule has 14 heteroatoms. The third kappa shape index (κ3) is 5.06. The Labute approximate surface area is 182 Å². The topological polar surface area (TPSA) is 117 Å². The molecule has 0 radical (unpaired) electrons. The summed E-state index contributed by atoms with van der Waals surface area (Å²) in [7, 11) is -4.44. The minimum Gasteiger partial charge on any atom is -0.382 e. The fraction of sp³-hybridized carbons (Fsp3) is 0.647. The maximum absolute atomic E-state index is 12.8. The van der Waals surface area contributed by atoms with Crippen molar-refractivity contribution in [2.75, 3.05) is 24.5 Å². The zero-order valence-electron chi connectivity index (χ0n) is 16.9. The van der Waals surface area contributed by atoms with E-state index in [1.54, 1.807) is 4.52 Å². The van der Waals surface area contributed by atoms with Gasteiger partial charge in [0, 0.05) is 19.1 Å². The molecule has 31 heavy (non-hydrogen) atoms. The number of halogens is 4. The van der Waals surface area contributed by atoms with Crippen LogP contribution in [-0.2, 0) is 10.2 Å². The van der Waals surface area contributed by atoms with Crippen LogP contribution in [-0.4, -0.2) is 70.4 Å². The van der Waals surface area contributed by atoms with Crippen LogP contribution in [0.1, 0.15) is 38.2 Å². The molecule has 0 bridgehead atoms. The van der Waals surface area contributed by atoms with Crippen molar-refractivity contribution < 1.29 is 26.7 Å². The van der Waals surface area contributed by atoms with Crippen LogP contribution < -0.4 is 10.0 Å². The van der Waals surface area contributed by atoms with E-state index in [-0.39, 0.29) is 18.8 Å². The van der Waals surface area contributed by atoms with Gasteiger partial charge in [-0.3, -0.25) is 0 Å². The molecule has 2 aromatic heterocycles. The highest BCUT2D eigenvalue weighted by molar-refractivity contribution is 7.86. The normalized spacial score (nSPS) is 17.8. The number of piperidine rings is 1. The van der Waals surface area contributed by atoms with Gasteiger partial charge in [-0.2, -0.15) is 31.0 Å². The Morgan fingerprint density at radius 1 is 1.35 bits per heavy atom. The van der Waals surface area contributed by atoms with E-state index in [0.717, 1.165) is 11.1 Å². The van der Waals surface area contributed by atoms with E-state index in [0.29, 0.717) is 28.4 Å². The Bertz CT molecular complexity index is 1040.